The number of hydrogen-bond donors (Lipinski definition) is 1. The van der Waals surface area contributed by atoms with Crippen molar-refractivity contribution in [2.45, 2.75) is 43.3 Å². The number of halogens is 1. The number of piperidine rings is 3. The minimum Gasteiger partial charge on any atom is -0.357 e. The normalized spacial score (nSPS) is 42.4. The van der Waals surface area contributed by atoms with Gasteiger partial charge in [-0.2, -0.15) is 0 Å². The molecule has 1 aromatic heterocycles. The van der Waals surface area contributed by atoms with E-state index >= 15 is 0 Å². The molecule has 22 heavy (non-hydrogen) atoms. The summed E-state index contributed by atoms with van der Waals surface area (Å²) in [6.07, 6.45) is 3.13. The van der Waals surface area contributed by atoms with Crippen LogP contribution in [0.25, 0.3) is 10.9 Å². The highest BCUT2D eigenvalue weighted by Crippen LogP contribution is 2.55. The van der Waals surface area contributed by atoms with Crippen molar-refractivity contribution in [3.63, 3.8) is 0 Å². The van der Waals surface area contributed by atoms with Gasteiger partial charge in [0.15, 0.2) is 0 Å². The number of carbonyl (C=O) groups is 1. The summed E-state index contributed by atoms with van der Waals surface area (Å²) in [5.41, 5.74) is 4.00. The van der Waals surface area contributed by atoms with Gasteiger partial charge in [0.05, 0.1) is 11.4 Å². The van der Waals surface area contributed by atoms with E-state index in [1.165, 1.54) is 28.4 Å². The van der Waals surface area contributed by atoms with Gasteiger partial charge in [0.1, 0.15) is 6.29 Å². The van der Waals surface area contributed by atoms with Crippen LogP contribution in [0, 0.1) is 11.8 Å². The van der Waals surface area contributed by atoms with Crippen molar-refractivity contribution >= 4 is 28.8 Å². The second-order valence-corrected chi connectivity index (χ2v) is 7.60. The molecule has 0 spiro atoms. The van der Waals surface area contributed by atoms with Crippen molar-refractivity contribution in [1.82, 2.24) is 9.88 Å². The van der Waals surface area contributed by atoms with Gasteiger partial charge in [-0.1, -0.05) is 18.2 Å². The quantitative estimate of drug-likeness (QED) is 0.648. The summed E-state index contributed by atoms with van der Waals surface area (Å²) in [6, 6.07) is 9.58. The van der Waals surface area contributed by atoms with Crippen molar-refractivity contribution in [2.75, 3.05) is 0 Å². The summed E-state index contributed by atoms with van der Waals surface area (Å²) in [4.78, 5) is 17.9. The maximum atomic E-state index is 11.7. The highest BCUT2D eigenvalue weighted by atomic mass is 35.5. The van der Waals surface area contributed by atoms with Crippen LogP contribution in [0.1, 0.15) is 30.6 Å². The predicted molar refractivity (Wildman–Crippen MR) is 87.1 cm³/mol. The monoisotopic (exact) mass is 314 g/mol. The lowest BCUT2D eigenvalue weighted by Crippen LogP contribution is -2.67. The van der Waals surface area contributed by atoms with Gasteiger partial charge in [-0.25, -0.2) is 0 Å². The summed E-state index contributed by atoms with van der Waals surface area (Å²) in [6.45, 7) is 2.22. The summed E-state index contributed by atoms with van der Waals surface area (Å²) in [5, 5.41) is 1.42. The van der Waals surface area contributed by atoms with E-state index in [0.29, 0.717) is 24.0 Å². The molecule has 1 N–H and O–H groups in total. The molecule has 1 aromatic carbocycles. The number of alkyl halides is 1. The average molecular weight is 315 g/mol. The smallest absolute Gasteiger partial charge is 0.124 e. The topological polar surface area (TPSA) is 36.1 Å². The van der Waals surface area contributed by atoms with Gasteiger partial charge < -0.3 is 9.78 Å². The summed E-state index contributed by atoms with van der Waals surface area (Å²) < 4.78 is 0. The second kappa shape index (κ2) is 4.36. The number of aromatic amines is 1. The van der Waals surface area contributed by atoms with E-state index in [1.807, 2.05) is 0 Å². The number of nitrogens with zero attached hydrogens (tertiary/aromatic N) is 1. The lowest BCUT2D eigenvalue weighted by atomic mass is 9.64. The number of benzene rings is 1. The van der Waals surface area contributed by atoms with E-state index in [1.54, 1.807) is 0 Å². The fourth-order valence-electron chi connectivity index (χ4n) is 5.34. The first-order valence-corrected chi connectivity index (χ1v) is 8.60. The first-order chi connectivity index (χ1) is 10.7. The average Bonchev–Trinajstić information content (AvgIpc) is 2.90. The Labute approximate surface area is 134 Å². The van der Waals surface area contributed by atoms with E-state index < -0.39 is 0 Å². The van der Waals surface area contributed by atoms with Crippen molar-refractivity contribution in [2.24, 2.45) is 11.8 Å². The fraction of sp³-hybridized carbons (Fsp3) is 0.500. The van der Waals surface area contributed by atoms with Gasteiger partial charge in [-0.05, 0) is 37.3 Å². The van der Waals surface area contributed by atoms with Gasteiger partial charge in [0.25, 0.3) is 0 Å². The van der Waals surface area contributed by atoms with Crippen molar-refractivity contribution < 1.29 is 4.79 Å². The molecule has 4 aliphatic rings. The van der Waals surface area contributed by atoms with Crippen LogP contribution in [0.4, 0.5) is 0 Å². The summed E-state index contributed by atoms with van der Waals surface area (Å²) >= 11 is 6.64. The molecule has 0 saturated carbocycles. The zero-order valence-electron chi connectivity index (χ0n) is 12.5. The van der Waals surface area contributed by atoms with Crippen LogP contribution >= 0.6 is 11.6 Å². The molecular weight excluding hydrogens is 296 g/mol. The van der Waals surface area contributed by atoms with E-state index in [-0.39, 0.29) is 11.3 Å². The first-order valence-electron chi connectivity index (χ1n) is 8.17. The molecule has 4 bridgehead atoms. The Hall–Kier alpha value is -1.32. The number of fused-ring (bicyclic) bond motifs is 4. The fourth-order valence-corrected chi connectivity index (χ4v) is 5.74. The van der Waals surface area contributed by atoms with Crippen molar-refractivity contribution in [1.29, 1.82) is 0 Å². The van der Waals surface area contributed by atoms with Crippen LogP contribution in [0.15, 0.2) is 24.3 Å². The van der Waals surface area contributed by atoms with Crippen LogP contribution < -0.4 is 0 Å². The lowest BCUT2D eigenvalue weighted by Gasteiger charge is -2.61. The van der Waals surface area contributed by atoms with E-state index in [0.717, 1.165) is 12.8 Å². The van der Waals surface area contributed by atoms with Crippen LogP contribution in [0.2, 0.25) is 0 Å². The molecule has 2 aromatic rings. The highest BCUT2D eigenvalue weighted by molar-refractivity contribution is 6.21. The number of rotatable bonds is 1. The SMILES string of the molecule is C[C@H]1[C@@H](Cl)[C@@H]2C[C@H]3c4[nH]c5ccccc5c4C[C@@H]([C@@H]2C=O)N31. The van der Waals surface area contributed by atoms with E-state index in [4.69, 9.17) is 11.6 Å². The molecule has 6 rings (SSSR count). The maximum Gasteiger partial charge on any atom is 0.124 e. The third-order valence-corrected chi connectivity index (χ3v) is 6.96. The minimum atomic E-state index is 0.0803. The van der Waals surface area contributed by atoms with Crippen LogP contribution in [-0.4, -0.2) is 33.6 Å². The molecule has 1 unspecified atom stereocenters. The third-order valence-electron chi connectivity index (χ3n) is 6.27. The lowest BCUT2D eigenvalue weighted by molar-refractivity contribution is -0.131. The Morgan fingerprint density at radius 2 is 2.18 bits per heavy atom. The largest absolute Gasteiger partial charge is 0.357 e. The van der Waals surface area contributed by atoms with Gasteiger partial charge in [-0.15, -0.1) is 11.6 Å². The Bertz CT molecular complexity index is 770. The number of para-hydroxylation sites is 1. The molecule has 0 aliphatic carbocycles. The summed E-state index contributed by atoms with van der Waals surface area (Å²) in [7, 11) is 0. The predicted octanol–water partition coefficient (Wildman–Crippen LogP) is 3.28. The number of carbonyl (C=O) groups excluding carboxylic acids is 1. The molecule has 4 heteroatoms. The highest BCUT2D eigenvalue weighted by Gasteiger charge is 2.57. The molecule has 4 aliphatic heterocycles. The third kappa shape index (κ3) is 1.44. The zero-order chi connectivity index (χ0) is 15.0. The molecular formula is C18H19ClN2O. The molecule has 3 nitrogen and oxygen atoms in total. The van der Waals surface area contributed by atoms with Gasteiger partial charge in [-0.3, -0.25) is 4.90 Å². The zero-order valence-corrected chi connectivity index (χ0v) is 13.3. The molecule has 5 heterocycles. The maximum absolute atomic E-state index is 11.7. The molecule has 0 radical (unpaired) electrons. The van der Waals surface area contributed by atoms with Crippen LogP contribution in [-0.2, 0) is 11.2 Å². The standard InChI is InChI=1S/C18H19ClN2O/c1-9-17(19)11-6-16-18-12(7-15(21(9)16)13(11)8-22)10-4-2-3-5-14(10)20-18/h2-5,8-9,11,13,15-17,20H,6-7H2,1H3/t9-,11+,13+,15-,16-,17+/m0/s1. The van der Waals surface area contributed by atoms with Crippen LogP contribution in [0.3, 0.4) is 0 Å². The van der Waals surface area contributed by atoms with Gasteiger partial charge in [0.2, 0.25) is 0 Å². The van der Waals surface area contributed by atoms with Crippen molar-refractivity contribution in [3.8, 4) is 0 Å². The number of aromatic nitrogens is 1. The Balaban J connectivity index is 1.72. The number of H-pyrrole nitrogens is 1. The Morgan fingerprint density at radius 1 is 1.36 bits per heavy atom. The van der Waals surface area contributed by atoms with E-state index in [9.17, 15) is 4.79 Å². The number of hydrogen-bond acceptors (Lipinski definition) is 2. The van der Waals surface area contributed by atoms with Crippen LogP contribution in [0.5, 0.6) is 0 Å². The molecule has 114 valence electrons. The van der Waals surface area contributed by atoms with Crippen molar-refractivity contribution in [3.05, 3.63) is 35.5 Å². The summed E-state index contributed by atoms with van der Waals surface area (Å²) in [5.74, 6) is 0.394. The molecule has 3 fully saturated rings. The minimum absolute atomic E-state index is 0.0803. The molecule has 7 atom stereocenters. The van der Waals surface area contributed by atoms with E-state index in [2.05, 4.69) is 41.1 Å². The van der Waals surface area contributed by atoms with Gasteiger partial charge in [0, 0.05) is 34.6 Å². The second-order valence-electron chi connectivity index (χ2n) is 7.10. The number of nitrogens with one attached hydrogen (secondary N) is 1. The molecule has 0 amide bonds. The number of aldehydes is 1. The first kappa shape index (κ1) is 13.1. The molecule has 3 saturated heterocycles. The Kier molecular flexibility index (Phi) is 2.61. The van der Waals surface area contributed by atoms with Gasteiger partial charge >= 0.3 is 0 Å². The Morgan fingerprint density at radius 3 is 3.00 bits per heavy atom.